The van der Waals surface area contributed by atoms with Crippen molar-refractivity contribution in [1.82, 2.24) is 16.0 Å². The van der Waals surface area contributed by atoms with E-state index >= 15 is 0 Å². The Morgan fingerprint density at radius 1 is 0.780 bits per heavy atom. The lowest BCUT2D eigenvalue weighted by molar-refractivity contribution is -0.142. The number of carboxylic acids is 2. The normalized spacial score (nSPS) is 14.5. The van der Waals surface area contributed by atoms with Gasteiger partial charge < -0.3 is 37.0 Å². The highest BCUT2D eigenvalue weighted by atomic mass is 16.4. The average Bonchev–Trinajstić information content (AvgIpc) is 2.94. The molecular formula is C29H38N4O8. The Labute approximate surface area is 238 Å². The van der Waals surface area contributed by atoms with E-state index < -0.39 is 66.2 Å². The van der Waals surface area contributed by atoms with Crippen molar-refractivity contribution in [3.05, 3.63) is 65.7 Å². The smallest absolute Gasteiger partial charge is 0.326 e. The number of hydrogen-bond acceptors (Lipinski definition) is 7. The number of carboxylic acid groups (broad SMARTS) is 2. The Morgan fingerprint density at radius 3 is 1.93 bits per heavy atom. The van der Waals surface area contributed by atoms with Gasteiger partial charge in [0.25, 0.3) is 0 Å². The van der Waals surface area contributed by atoms with Crippen LogP contribution in [0.2, 0.25) is 0 Å². The van der Waals surface area contributed by atoms with Gasteiger partial charge in [-0.15, -0.1) is 0 Å². The number of aromatic hydroxyl groups is 1. The molecule has 2 rings (SSSR count). The summed E-state index contributed by atoms with van der Waals surface area (Å²) in [6, 6.07) is 10.0. The minimum atomic E-state index is -1.33. The topological polar surface area (TPSA) is 208 Å². The number of nitrogens with two attached hydrogens (primary N) is 1. The van der Waals surface area contributed by atoms with Gasteiger partial charge in [0.2, 0.25) is 17.7 Å². The van der Waals surface area contributed by atoms with Gasteiger partial charge >= 0.3 is 11.9 Å². The van der Waals surface area contributed by atoms with E-state index in [1.165, 1.54) is 24.3 Å². The maximum Gasteiger partial charge on any atom is 0.326 e. The summed E-state index contributed by atoms with van der Waals surface area (Å²) in [5, 5.41) is 35.9. The van der Waals surface area contributed by atoms with Gasteiger partial charge in [0, 0.05) is 12.8 Å². The molecule has 0 heterocycles. The summed E-state index contributed by atoms with van der Waals surface area (Å²) in [6.07, 6.45) is -0.116. The van der Waals surface area contributed by atoms with Crippen LogP contribution in [0.25, 0.3) is 0 Å². The Kier molecular flexibility index (Phi) is 12.8. The van der Waals surface area contributed by atoms with Crippen molar-refractivity contribution in [2.24, 2.45) is 11.7 Å². The molecule has 0 aliphatic carbocycles. The van der Waals surface area contributed by atoms with Crippen LogP contribution in [-0.2, 0) is 36.8 Å². The second kappa shape index (κ2) is 16.0. The summed E-state index contributed by atoms with van der Waals surface area (Å²) < 4.78 is 0. The van der Waals surface area contributed by atoms with E-state index in [9.17, 15) is 34.2 Å². The van der Waals surface area contributed by atoms with Gasteiger partial charge in [0.1, 0.15) is 23.9 Å². The summed E-state index contributed by atoms with van der Waals surface area (Å²) in [5.41, 5.74) is 7.39. The molecule has 0 aromatic heterocycles. The van der Waals surface area contributed by atoms with Gasteiger partial charge in [-0.25, -0.2) is 4.79 Å². The molecule has 0 aliphatic heterocycles. The van der Waals surface area contributed by atoms with Crippen molar-refractivity contribution in [2.45, 2.75) is 70.1 Å². The zero-order valence-corrected chi connectivity index (χ0v) is 23.1. The molecule has 222 valence electrons. The third kappa shape index (κ3) is 10.9. The standard InChI is InChI=1S/C29H38N4O8/c1-3-17(2)25(28(39)32-23(29(40)41)16-19-9-11-20(34)12-10-19)33-27(38)22(13-14-24(35)36)31-26(37)21(30)15-18-7-5-4-6-8-18/h4-12,17,21-23,25,34H,3,13-16,30H2,1-2H3,(H,31,37)(H,32,39)(H,33,38)(H,35,36)(H,40,41). The molecule has 3 amide bonds. The van der Waals surface area contributed by atoms with E-state index in [2.05, 4.69) is 16.0 Å². The van der Waals surface area contributed by atoms with Crippen LogP contribution in [0.3, 0.4) is 0 Å². The highest BCUT2D eigenvalue weighted by Gasteiger charge is 2.33. The third-order valence-corrected chi connectivity index (χ3v) is 6.70. The predicted octanol–water partition coefficient (Wildman–Crippen LogP) is 0.955. The number of carbonyl (C=O) groups excluding carboxylic acids is 3. The van der Waals surface area contributed by atoms with Crippen LogP contribution in [0.4, 0.5) is 0 Å². The molecule has 0 saturated heterocycles. The molecule has 5 atom stereocenters. The van der Waals surface area contributed by atoms with Crippen LogP contribution < -0.4 is 21.7 Å². The molecule has 2 aromatic carbocycles. The van der Waals surface area contributed by atoms with E-state index in [1.54, 1.807) is 38.1 Å². The summed E-state index contributed by atoms with van der Waals surface area (Å²) in [5.74, 6) is -5.10. The third-order valence-electron chi connectivity index (χ3n) is 6.70. The number of amides is 3. The van der Waals surface area contributed by atoms with Crippen LogP contribution in [0.5, 0.6) is 5.75 Å². The maximum atomic E-state index is 13.3. The molecular weight excluding hydrogens is 532 g/mol. The van der Waals surface area contributed by atoms with Gasteiger partial charge in [0.15, 0.2) is 0 Å². The lowest BCUT2D eigenvalue weighted by Crippen LogP contribution is -2.59. The molecule has 0 aliphatic rings. The van der Waals surface area contributed by atoms with Crippen LogP contribution in [0, 0.1) is 5.92 Å². The lowest BCUT2D eigenvalue weighted by Gasteiger charge is -2.28. The fraction of sp³-hybridized carbons (Fsp3) is 0.414. The summed E-state index contributed by atoms with van der Waals surface area (Å²) in [7, 11) is 0. The zero-order chi connectivity index (χ0) is 30.5. The van der Waals surface area contributed by atoms with Crippen LogP contribution in [0.1, 0.15) is 44.2 Å². The Balaban J connectivity index is 2.16. The first kappa shape index (κ1) is 32.8. The van der Waals surface area contributed by atoms with Crippen molar-refractivity contribution >= 4 is 29.7 Å². The van der Waals surface area contributed by atoms with Crippen molar-refractivity contribution in [3.63, 3.8) is 0 Å². The highest BCUT2D eigenvalue weighted by molar-refractivity contribution is 5.94. The monoisotopic (exact) mass is 570 g/mol. The van der Waals surface area contributed by atoms with Crippen LogP contribution >= 0.6 is 0 Å². The minimum Gasteiger partial charge on any atom is -0.508 e. The fourth-order valence-electron chi connectivity index (χ4n) is 4.06. The van der Waals surface area contributed by atoms with Crippen molar-refractivity contribution in [2.75, 3.05) is 0 Å². The largest absolute Gasteiger partial charge is 0.508 e. The second-order valence-corrected chi connectivity index (χ2v) is 9.93. The lowest BCUT2D eigenvalue weighted by atomic mass is 9.96. The number of rotatable bonds is 16. The van der Waals surface area contributed by atoms with Gasteiger partial charge in [-0.2, -0.15) is 0 Å². The van der Waals surface area contributed by atoms with Crippen molar-refractivity contribution < 1.29 is 39.3 Å². The molecule has 8 N–H and O–H groups in total. The molecule has 0 radical (unpaired) electrons. The number of aliphatic carboxylic acids is 2. The Morgan fingerprint density at radius 2 is 1.37 bits per heavy atom. The number of nitrogens with one attached hydrogen (secondary N) is 3. The van der Waals surface area contributed by atoms with E-state index in [0.717, 1.165) is 5.56 Å². The molecule has 2 aromatic rings. The summed E-state index contributed by atoms with van der Waals surface area (Å²) in [6.45, 7) is 3.48. The number of phenolic OH excluding ortho intramolecular Hbond substituents is 1. The second-order valence-electron chi connectivity index (χ2n) is 9.93. The molecule has 0 saturated carbocycles. The summed E-state index contributed by atoms with van der Waals surface area (Å²) >= 11 is 0. The first-order chi connectivity index (χ1) is 19.4. The molecule has 12 heteroatoms. The van der Waals surface area contributed by atoms with Gasteiger partial charge in [-0.05, 0) is 42.0 Å². The molecule has 0 fully saturated rings. The number of phenols is 1. The van der Waals surface area contributed by atoms with Gasteiger partial charge in [0.05, 0.1) is 6.04 Å². The molecule has 0 bridgehead atoms. The van der Waals surface area contributed by atoms with E-state index in [4.69, 9.17) is 10.8 Å². The Bertz CT molecular complexity index is 1190. The van der Waals surface area contributed by atoms with Crippen LogP contribution in [-0.4, -0.2) is 69.1 Å². The maximum absolute atomic E-state index is 13.3. The van der Waals surface area contributed by atoms with Crippen LogP contribution in [0.15, 0.2) is 54.6 Å². The quantitative estimate of drug-likeness (QED) is 0.153. The zero-order valence-electron chi connectivity index (χ0n) is 23.1. The number of hydrogen-bond donors (Lipinski definition) is 7. The fourth-order valence-corrected chi connectivity index (χ4v) is 4.06. The number of carbonyl (C=O) groups is 5. The summed E-state index contributed by atoms with van der Waals surface area (Å²) in [4.78, 5) is 62.4. The first-order valence-corrected chi connectivity index (χ1v) is 13.3. The van der Waals surface area contributed by atoms with Crippen molar-refractivity contribution in [3.8, 4) is 5.75 Å². The minimum absolute atomic E-state index is 0.00905. The molecule has 12 nitrogen and oxygen atoms in total. The van der Waals surface area contributed by atoms with E-state index in [0.29, 0.717) is 12.0 Å². The molecule has 0 spiro atoms. The van der Waals surface area contributed by atoms with E-state index in [-0.39, 0.29) is 25.0 Å². The highest BCUT2D eigenvalue weighted by Crippen LogP contribution is 2.14. The van der Waals surface area contributed by atoms with Gasteiger partial charge in [-0.3, -0.25) is 19.2 Å². The van der Waals surface area contributed by atoms with Crippen molar-refractivity contribution in [1.29, 1.82) is 0 Å². The number of benzene rings is 2. The van der Waals surface area contributed by atoms with E-state index in [1.807, 2.05) is 6.07 Å². The Hall–Kier alpha value is -4.45. The average molecular weight is 571 g/mol. The molecule has 5 unspecified atom stereocenters. The SMILES string of the molecule is CCC(C)C(NC(=O)C(CCC(=O)O)NC(=O)C(N)Cc1ccccc1)C(=O)NC(Cc1ccc(O)cc1)C(=O)O. The molecule has 41 heavy (non-hydrogen) atoms. The first-order valence-electron chi connectivity index (χ1n) is 13.3. The van der Waals surface area contributed by atoms with Gasteiger partial charge in [-0.1, -0.05) is 62.7 Å². The predicted molar refractivity (Wildman–Crippen MR) is 150 cm³/mol.